The topological polar surface area (TPSA) is 66.5 Å². The van der Waals surface area contributed by atoms with E-state index in [1.807, 2.05) is 26.2 Å². The number of nitrogens with one attached hydrogen (secondary N) is 1. The molecule has 0 bridgehead atoms. The van der Waals surface area contributed by atoms with E-state index in [0.29, 0.717) is 11.4 Å². The van der Waals surface area contributed by atoms with E-state index in [1.54, 1.807) is 16.9 Å². The van der Waals surface area contributed by atoms with Crippen LogP contribution in [-0.4, -0.2) is 14.8 Å². The van der Waals surface area contributed by atoms with Crippen LogP contribution in [0, 0.1) is 18.3 Å². The Hall–Kier alpha value is -2.35. The van der Waals surface area contributed by atoms with Gasteiger partial charge >= 0.3 is 0 Å². The number of aryl methyl sites for hydroxylation is 2. The second kappa shape index (κ2) is 4.03. The Bertz CT molecular complexity index is 550. The van der Waals surface area contributed by atoms with Crippen molar-refractivity contribution in [2.75, 3.05) is 5.32 Å². The quantitative estimate of drug-likeness (QED) is 0.825. The molecule has 2 aromatic heterocycles. The predicted octanol–water partition coefficient (Wildman–Crippen LogP) is 1.74. The molecule has 0 saturated heterocycles. The van der Waals surface area contributed by atoms with Crippen molar-refractivity contribution in [3.8, 4) is 6.07 Å². The monoisotopic (exact) mass is 213 g/mol. The Balaban J connectivity index is 2.34. The zero-order valence-electron chi connectivity index (χ0n) is 9.10. The summed E-state index contributed by atoms with van der Waals surface area (Å²) in [5.41, 5.74) is 2.21. The third-order valence-electron chi connectivity index (χ3n) is 2.12. The van der Waals surface area contributed by atoms with Crippen molar-refractivity contribution < 1.29 is 0 Å². The average molecular weight is 213 g/mol. The Kier molecular flexibility index (Phi) is 2.56. The molecule has 1 N–H and O–H groups in total. The molecule has 2 rings (SSSR count). The van der Waals surface area contributed by atoms with Crippen LogP contribution in [0.4, 0.5) is 11.5 Å². The van der Waals surface area contributed by atoms with E-state index in [-0.39, 0.29) is 0 Å². The second-order valence-electron chi connectivity index (χ2n) is 3.49. The highest BCUT2D eigenvalue weighted by Crippen LogP contribution is 2.17. The fourth-order valence-corrected chi connectivity index (χ4v) is 1.36. The molecule has 0 aliphatic carbocycles. The minimum Gasteiger partial charge on any atom is -0.337 e. The summed E-state index contributed by atoms with van der Waals surface area (Å²) in [6.07, 6.45) is 3.51. The Morgan fingerprint density at radius 1 is 1.44 bits per heavy atom. The number of pyridine rings is 1. The van der Waals surface area contributed by atoms with Crippen molar-refractivity contribution in [1.82, 2.24) is 14.8 Å². The van der Waals surface area contributed by atoms with Gasteiger partial charge in [0.15, 0.2) is 0 Å². The Morgan fingerprint density at radius 3 is 2.88 bits per heavy atom. The molecule has 16 heavy (non-hydrogen) atoms. The summed E-state index contributed by atoms with van der Waals surface area (Å²) in [5.74, 6) is 0.565. The van der Waals surface area contributed by atoms with Gasteiger partial charge in [-0.05, 0) is 19.1 Å². The first-order valence-corrected chi connectivity index (χ1v) is 4.82. The van der Waals surface area contributed by atoms with Crippen LogP contribution >= 0.6 is 0 Å². The van der Waals surface area contributed by atoms with E-state index < -0.39 is 0 Å². The molecule has 0 aliphatic rings. The van der Waals surface area contributed by atoms with Crippen molar-refractivity contribution in [2.24, 2.45) is 7.05 Å². The molecule has 0 aliphatic heterocycles. The Morgan fingerprint density at radius 2 is 2.25 bits per heavy atom. The van der Waals surface area contributed by atoms with Gasteiger partial charge in [-0.15, -0.1) is 0 Å². The molecule has 2 aromatic rings. The van der Waals surface area contributed by atoms with Crippen LogP contribution in [0.3, 0.4) is 0 Å². The minimum atomic E-state index is 0.523. The maximum Gasteiger partial charge on any atom is 0.148 e. The lowest BCUT2D eigenvalue weighted by Gasteiger charge is -2.05. The first-order valence-electron chi connectivity index (χ1n) is 4.82. The number of rotatable bonds is 2. The summed E-state index contributed by atoms with van der Waals surface area (Å²) < 4.78 is 1.68. The Labute approximate surface area is 93.4 Å². The van der Waals surface area contributed by atoms with Crippen molar-refractivity contribution in [3.63, 3.8) is 0 Å². The number of hydrogen-bond acceptors (Lipinski definition) is 4. The summed E-state index contributed by atoms with van der Waals surface area (Å²) in [5, 5.41) is 16.0. The standard InChI is InChI=1S/C11H11N5/c1-8-3-4-9(5-12)11(14-8)15-10-6-13-16(2)7-10/h3-4,6-7H,1-2H3,(H,14,15). The molecular formula is C11H11N5. The van der Waals surface area contributed by atoms with Crippen LogP contribution in [0.1, 0.15) is 11.3 Å². The number of nitriles is 1. The van der Waals surface area contributed by atoms with Crippen LogP contribution < -0.4 is 5.32 Å². The fourth-order valence-electron chi connectivity index (χ4n) is 1.36. The summed E-state index contributed by atoms with van der Waals surface area (Å²) in [6, 6.07) is 5.66. The minimum absolute atomic E-state index is 0.523. The van der Waals surface area contributed by atoms with Crippen LogP contribution in [-0.2, 0) is 7.05 Å². The molecule has 80 valence electrons. The largest absolute Gasteiger partial charge is 0.337 e. The SMILES string of the molecule is Cc1ccc(C#N)c(Nc2cnn(C)c2)n1. The third kappa shape index (κ3) is 2.01. The van der Waals surface area contributed by atoms with Gasteiger partial charge in [0.2, 0.25) is 0 Å². The van der Waals surface area contributed by atoms with E-state index >= 15 is 0 Å². The third-order valence-corrected chi connectivity index (χ3v) is 2.12. The second-order valence-corrected chi connectivity index (χ2v) is 3.49. The van der Waals surface area contributed by atoms with Crippen molar-refractivity contribution in [2.45, 2.75) is 6.92 Å². The van der Waals surface area contributed by atoms with Gasteiger partial charge in [-0.1, -0.05) is 0 Å². The van der Waals surface area contributed by atoms with E-state index in [4.69, 9.17) is 5.26 Å². The molecule has 0 saturated carbocycles. The van der Waals surface area contributed by atoms with Gasteiger partial charge in [0, 0.05) is 18.9 Å². The number of aromatic nitrogens is 3. The van der Waals surface area contributed by atoms with Gasteiger partial charge in [-0.25, -0.2) is 4.98 Å². The first kappa shape index (κ1) is 10.2. The van der Waals surface area contributed by atoms with E-state index in [2.05, 4.69) is 21.5 Å². The molecule has 5 heteroatoms. The smallest absolute Gasteiger partial charge is 0.148 e. The number of hydrogen-bond donors (Lipinski definition) is 1. The average Bonchev–Trinajstić information content (AvgIpc) is 2.64. The van der Waals surface area contributed by atoms with E-state index in [0.717, 1.165) is 11.4 Å². The van der Waals surface area contributed by atoms with Gasteiger partial charge in [0.05, 0.1) is 17.4 Å². The lowest BCUT2D eigenvalue weighted by molar-refractivity contribution is 0.768. The molecule has 0 atom stereocenters. The summed E-state index contributed by atoms with van der Waals surface area (Å²) in [4.78, 5) is 4.28. The molecule has 5 nitrogen and oxygen atoms in total. The van der Waals surface area contributed by atoms with Gasteiger partial charge in [-0.3, -0.25) is 4.68 Å². The van der Waals surface area contributed by atoms with Crippen molar-refractivity contribution >= 4 is 11.5 Å². The van der Waals surface area contributed by atoms with Crippen molar-refractivity contribution in [3.05, 3.63) is 35.8 Å². The van der Waals surface area contributed by atoms with E-state index in [9.17, 15) is 0 Å². The summed E-state index contributed by atoms with van der Waals surface area (Å²) in [7, 11) is 1.83. The molecular weight excluding hydrogens is 202 g/mol. The maximum atomic E-state index is 8.94. The highest BCUT2D eigenvalue weighted by atomic mass is 15.3. The van der Waals surface area contributed by atoms with Gasteiger partial charge in [-0.2, -0.15) is 10.4 Å². The molecule has 0 amide bonds. The zero-order valence-corrected chi connectivity index (χ0v) is 9.10. The van der Waals surface area contributed by atoms with Crippen LogP contribution in [0.2, 0.25) is 0 Å². The fraction of sp³-hybridized carbons (Fsp3) is 0.182. The highest BCUT2D eigenvalue weighted by Gasteiger charge is 2.05. The van der Waals surface area contributed by atoms with Gasteiger partial charge in [0.1, 0.15) is 11.9 Å². The van der Waals surface area contributed by atoms with Gasteiger partial charge in [0.25, 0.3) is 0 Å². The molecule has 0 radical (unpaired) electrons. The van der Waals surface area contributed by atoms with Crippen LogP contribution in [0.15, 0.2) is 24.5 Å². The normalized spacial score (nSPS) is 9.81. The zero-order chi connectivity index (χ0) is 11.5. The van der Waals surface area contributed by atoms with E-state index in [1.165, 1.54) is 0 Å². The molecule has 2 heterocycles. The molecule has 0 aromatic carbocycles. The molecule has 0 fully saturated rings. The van der Waals surface area contributed by atoms with Crippen LogP contribution in [0.5, 0.6) is 0 Å². The predicted molar refractivity (Wildman–Crippen MR) is 60.2 cm³/mol. The van der Waals surface area contributed by atoms with Crippen molar-refractivity contribution in [1.29, 1.82) is 5.26 Å². The first-order chi connectivity index (χ1) is 7.69. The number of anilines is 2. The summed E-state index contributed by atoms with van der Waals surface area (Å²) >= 11 is 0. The van der Waals surface area contributed by atoms with Gasteiger partial charge < -0.3 is 5.32 Å². The lowest BCUT2D eigenvalue weighted by atomic mass is 10.2. The van der Waals surface area contributed by atoms with Crippen LogP contribution in [0.25, 0.3) is 0 Å². The lowest BCUT2D eigenvalue weighted by Crippen LogP contribution is -1.97. The maximum absolute atomic E-state index is 8.94. The molecule has 0 spiro atoms. The highest BCUT2D eigenvalue weighted by molar-refractivity contribution is 5.61. The molecule has 0 unspecified atom stereocenters. The number of nitrogens with zero attached hydrogens (tertiary/aromatic N) is 4. The summed E-state index contributed by atoms with van der Waals surface area (Å²) in [6.45, 7) is 1.88.